The Morgan fingerprint density at radius 1 is 0.518 bits per heavy atom. The fraction of sp³-hybridized carbons (Fsp3) is 0.419. The van der Waals surface area contributed by atoms with E-state index in [4.69, 9.17) is 37.9 Å². The summed E-state index contributed by atoms with van der Waals surface area (Å²) in [5.74, 6) is 1.24. The number of urea groups is 1. The molecule has 0 bridgehead atoms. The molecule has 0 saturated carbocycles. The highest BCUT2D eigenvalue weighted by Gasteiger charge is 2.50. The largest absolute Gasteiger partial charge is 0.491 e. The predicted octanol–water partition coefficient (Wildman–Crippen LogP) is 5.02. The number of hydrogen-bond acceptors (Lipinski definition) is 11. The molecule has 1 heterocycles. The molecule has 1 aliphatic rings. The summed E-state index contributed by atoms with van der Waals surface area (Å²) in [5.41, 5.74) is 3.17. The lowest BCUT2D eigenvalue weighted by molar-refractivity contribution is -0.196. The van der Waals surface area contributed by atoms with Crippen molar-refractivity contribution in [2.45, 2.75) is 50.6 Å². The topological polar surface area (TPSA) is 138 Å². The van der Waals surface area contributed by atoms with E-state index in [2.05, 4.69) is 0 Å². The Labute approximate surface area is 329 Å². The number of rotatable bonds is 24. The fourth-order valence-electron chi connectivity index (χ4n) is 6.34. The molecule has 2 amide bonds. The van der Waals surface area contributed by atoms with Gasteiger partial charge in [-0.2, -0.15) is 0 Å². The number of benzene rings is 4. The molecule has 4 aromatic rings. The Morgan fingerprint density at radius 2 is 0.893 bits per heavy atom. The normalized spacial score (nSPS) is 18.5. The van der Waals surface area contributed by atoms with Crippen molar-refractivity contribution in [1.29, 1.82) is 0 Å². The van der Waals surface area contributed by atoms with Gasteiger partial charge in [-0.05, 0) is 46.5 Å². The second kappa shape index (κ2) is 23.5. The van der Waals surface area contributed by atoms with Crippen LogP contribution in [0.3, 0.4) is 0 Å². The Balaban J connectivity index is 1.63. The van der Waals surface area contributed by atoms with Crippen molar-refractivity contribution in [3.05, 3.63) is 131 Å². The minimum atomic E-state index is -0.834. The van der Waals surface area contributed by atoms with Gasteiger partial charge in [0.2, 0.25) is 0 Å². The molecule has 0 radical (unpaired) electrons. The predicted molar refractivity (Wildman–Crippen MR) is 208 cm³/mol. The molecule has 13 heteroatoms. The van der Waals surface area contributed by atoms with E-state index in [1.54, 1.807) is 24.0 Å². The zero-order chi connectivity index (χ0) is 39.4. The average molecular weight is 775 g/mol. The van der Waals surface area contributed by atoms with Crippen molar-refractivity contribution >= 4 is 6.03 Å². The van der Waals surface area contributed by atoms with Gasteiger partial charge in [0.1, 0.15) is 50.5 Å². The second-order valence-corrected chi connectivity index (χ2v) is 13.2. The van der Waals surface area contributed by atoms with Crippen LogP contribution in [-0.2, 0) is 54.7 Å². The number of aliphatic hydroxyl groups is 2. The lowest BCUT2D eigenvalue weighted by Crippen LogP contribution is -2.55. The maximum absolute atomic E-state index is 15.4. The maximum atomic E-state index is 15.4. The lowest BCUT2D eigenvalue weighted by atomic mass is 9.98. The van der Waals surface area contributed by atoms with Crippen LogP contribution in [-0.4, -0.2) is 118 Å². The highest BCUT2D eigenvalue weighted by molar-refractivity contribution is 5.76. The number of aliphatic hydroxyl groups excluding tert-OH is 2. The van der Waals surface area contributed by atoms with E-state index in [9.17, 15) is 10.2 Å². The molecule has 1 saturated heterocycles. The minimum Gasteiger partial charge on any atom is -0.491 e. The van der Waals surface area contributed by atoms with Gasteiger partial charge in [-0.15, -0.1) is 0 Å². The van der Waals surface area contributed by atoms with Crippen molar-refractivity contribution in [3.8, 4) is 11.5 Å². The van der Waals surface area contributed by atoms with E-state index in [1.807, 2.05) is 109 Å². The Kier molecular flexibility index (Phi) is 17.9. The van der Waals surface area contributed by atoms with E-state index in [0.717, 1.165) is 22.3 Å². The number of para-hydroxylation sites is 2. The Morgan fingerprint density at radius 3 is 1.25 bits per heavy atom. The first-order valence-electron chi connectivity index (χ1n) is 18.7. The van der Waals surface area contributed by atoms with Crippen LogP contribution in [0, 0.1) is 0 Å². The Hall–Kier alpha value is -4.57. The number of amides is 2. The molecule has 1 fully saturated rings. The number of carbonyl (C=O) groups excluding carboxylic acids is 1. The third-order valence-electron chi connectivity index (χ3n) is 9.37. The van der Waals surface area contributed by atoms with E-state index < -0.39 is 24.3 Å². The van der Waals surface area contributed by atoms with Crippen LogP contribution in [0.5, 0.6) is 11.5 Å². The van der Waals surface area contributed by atoms with Gasteiger partial charge < -0.3 is 57.9 Å². The zero-order valence-electron chi connectivity index (χ0n) is 32.2. The Bertz CT molecular complexity index is 1540. The number of nitrogens with zero attached hydrogens (tertiary/aromatic N) is 2. The molecule has 5 rings (SSSR count). The first-order chi connectivity index (χ1) is 27.5. The molecule has 4 atom stereocenters. The van der Waals surface area contributed by atoms with Gasteiger partial charge in [-0.3, -0.25) is 0 Å². The van der Waals surface area contributed by atoms with Crippen molar-refractivity contribution < 1.29 is 52.9 Å². The number of methoxy groups -OCH3 is 2. The number of hydrogen-bond donors (Lipinski definition) is 2. The second-order valence-electron chi connectivity index (χ2n) is 13.2. The summed E-state index contributed by atoms with van der Waals surface area (Å²) in [6.45, 7) is 1.31. The van der Waals surface area contributed by atoms with Crippen molar-refractivity contribution in [3.63, 3.8) is 0 Å². The molecule has 302 valence electrons. The molecule has 0 aliphatic carbocycles. The highest BCUT2D eigenvalue weighted by Crippen LogP contribution is 2.31. The van der Waals surface area contributed by atoms with Crippen LogP contribution in [0.25, 0.3) is 0 Å². The van der Waals surface area contributed by atoms with E-state index in [1.165, 1.54) is 0 Å². The lowest BCUT2D eigenvalue weighted by Gasteiger charge is -2.37. The van der Waals surface area contributed by atoms with Crippen LogP contribution in [0.2, 0.25) is 0 Å². The van der Waals surface area contributed by atoms with Gasteiger partial charge in [-0.25, -0.2) is 4.79 Å². The van der Waals surface area contributed by atoms with E-state index in [0.29, 0.717) is 24.7 Å². The van der Waals surface area contributed by atoms with Crippen LogP contribution in [0.1, 0.15) is 22.3 Å². The van der Waals surface area contributed by atoms with Gasteiger partial charge in [0, 0.05) is 27.3 Å². The average Bonchev–Trinajstić information content (AvgIpc) is 3.32. The summed E-state index contributed by atoms with van der Waals surface area (Å²) in [7, 11) is 3.19. The van der Waals surface area contributed by atoms with Crippen LogP contribution < -0.4 is 9.47 Å². The third-order valence-corrected chi connectivity index (χ3v) is 9.37. The third kappa shape index (κ3) is 12.7. The SMILES string of the molecule is COCCOCO[C@@H]1[C@@H](OCOCCOC)[C@@H](COc2ccccc2)N(Cc2ccc(CO)cc2)C(=O)N(Cc2ccc(CO)cc2)[C@@H]1COc1ccccc1. The standard InChI is InChI=1S/C43H54N2O11/c1-49-21-23-51-31-55-41-39(29-53-37-9-5-3-6-10-37)44(25-33-13-17-35(27-46)18-14-33)43(48)45(26-34-15-19-36(28-47)20-16-34)40(30-54-38-11-7-4-8-12-38)42(41)56-32-52-24-22-50-2/h3-20,39-42,46-47H,21-32H2,1-2H3/t39-,40-,41+,42+/m1/s1. The molecule has 0 unspecified atom stereocenters. The first kappa shape index (κ1) is 42.6. The molecule has 4 aromatic carbocycles. The maximum Gasteiger partial charge on any atom is 0.321 e. The minimum absolute atomic E-state index is 0.0445. The molecule has 2 N–H and O–H groups in total. The summed E-state index contributed by atoms with van der Waals surface area (Å²) in [5, 5.41) is 19.5. The molecule has 13 nitrogen and oxygen atoms in total. The smallest absolute Gasteiger partial charge is 0.321 e. The summed E-state index contributed by atoms with van der Waals surface area (Å²) >= 11 is 0. The monoisotopic (exact) mass is 774 g/mol. The van der Waals surface area contributed by atoms with E-state index in [-0.39, 0.29) is 72.3 Å². The summed E-state index contributed by atoms with van der Waals surface area (Å²) in [4.78, 5) is 18.9. The number of carbonyl (C=O) groups is 1. The van der Waals surface area contributed by atoms with Crippen LogP contribution in [0.4, 0.5) is 4.79 Å². The van der Waals surface area contributed by atoms with Gasteiger partial charge in [0.05, 0.1) is 51.7 Å². The summed E-state index contributed by atoms with van der Waals surface area (Å²) in [6.07, 6.45) is -1.67. The highest BCUT2D eigenvalue weighted by atomic mass is 16.7. The molecule has 0 aromatic heterocycles. The van der Waals surface area contributed by atoms with Gasteiger partial charge in [0.15, 0.2) is 0 Å². The van der Waals surface area contributed by atoms with Crippen molar-refractivity contribution in [1.82, 2.24) is 9.80 Å². The number of ether oxygens (including phenoxy) is 8. The zero-order valence-corrected chi connectivity index (χ0v) is 32.2. The quantitative estimate of drug-likeness (QED) is 0.0734. The summed E-state index contributed by atoms with van der Waals surface area (Å²) in [6, 6.07) is 32.0. The first-order valence-corrected chi connectivity index (χ1v) is 18.7. The van der Waals surface area contributed by atoms with E-state index >= 15 is 4.79 Å². The molecule has 56 heavy (non-hydrogen) atoms. The van der Waals surface area contributed by atoms with Gasteiger partial charge >= 0.3 is 6.03 Å². The molecular weight excluding hydrogens is 720 g/mol. The van der Waals surface area contributed by atoms with Crippen molar-refractivity contribution in [2.75, 3.05) is 67.4 Å². The van der Waals surface area contributed by atoms with Crippen molar-refractivity contribution in [2.24, 2.45) is 0 Å². The molecule has 0 spiro atoms. The molecule has 1 aliphatic heterocycles. The fourth-order valence-corrected chi connectivity index (χ4v) is 6.34. The van der Waals surface area contributed by atoms with Gasteiger partial charge in [0.25, 0.3) is 0 Å². The molecular formula is C43H54N2O11. The van der Waals surface area contributed by atoms with Gasteiger partial charge in [-0.1, -0.05) is 84.9 Å². The summed E-state index contributed by atoms with van der Waals surface area (Å²) < 4.78 is 48.3. The van der Waals surface area contributed by atoms with Crippen LogP contribution in [0.15, 0.2) is 109 Å². The van der Waals surface area contributed by atoms with Crippen LogP contribution >= 0.6 is 0 Å².